The summed E-state index contributed by atoms with van der Waals surface area (Å²) in [5, 5.41) is 21.4. The molecule has 2 saturated heterocycles. The van der Waals surface area contributed by atoms with E-state index in [1.54, 1.807) is 17.6 Å². The van der Waals surface area contributed by atoms with Crippen LogP contribution in [0.15, 0.2) is 65.5 Å². The number of hydrogen-bond acceptors (Lipinski definition) is 11. The first-order valence-electron chi connectivity index (χ1n) is 16.3. The van der Waals surface area contributed by atoms with E-state index < -0.39 is 30.4 Å². The molecule has 6 unspecified atom stereocenters. The van der Waals surface area contributed by atoms with E-state index in [0.29, 0.717) is 31.9 Å². The Morgan fingerprint density at radius 1 is 1.10 bits per heavy atom. The third-order valence-corrected chi connectivity index (χ3v) is 9.20. The normalized spacial score (nSPS) is 20.9. The van der Waals surface area contributed by atoms with E-state index >= 15 is 0 Å². The number of nitrogens with zero attached hydrogens (tertiary/aromatic N) is 2. The number of aromatic nitrogens is 1. The quantitative estimate of drug-likeness (QED) is 0.176. The van der Waals surface area contributed by atoms with Crippen LogP contribution in [0.2, 0.25) is 0 Å². The number of aliphatic hydroxyl groups is 1. The number of rotatable bonds is 15. The van der Waals surface area contributed by atoms with Gasteiger partial charge in [-0.15, -0.1) is 11.3 Å². The molecule has 0 bridgehead atoms. The zero-order valence-electron chi connectivity index (χ0n) is 28.0. The van der Waals surface area contributed by atoms with E-state index in [-0.39, 0.29) is 36.7 Å². The second-order valence-electron chi connectivity index (χ2n) is 13.3. The summed E-state index contributed by atoms with van der Waals surface area (Å²) in [6.07, 6.45) is -1.48. The fraction of sp³-hybridized carbons (Fsp3) is 0.514. The molecular formula is C35H47N5O7S. The van der Waals surface area contributed by atoms with Crippen LogP contribution in [0.5, 0.6) is 5.75 Å². The van der Waals surface area contributed by atoms with Gasteiger partial charge in [-0.1, -0.05) is 63.2 Å². The van der Waals surface area contributed by atoms with Gasteiger partial charge in [0, 0.05) is 18.5 Å². The molecule has 3 aromatic rings. The Kier molecular flexibility index (Phi) is 12.4. The molecule has 2 amide bonds. The molecule has 0 aliphatic carbocycles. The topological polar surface area (TPSA) is 144 Å². The zero-order chi connectivity index (χ0) is 34.1. The third kappa shape index (κ3) is 9.97. The van der Waals surface area contributed by atoms with Crippen molar-refractivity contribution in [2.45, 2.75) is 77.3 Å². The van der Waals surface area contributed by atoms with E-state index in [1.165, 1.54) is 11.3 Å². The van der Waals surface area contributed by atoms with Crippen molar-refractivity contribution in [1.29, 1.82) is 0 Å². The first-order chi connectivity index (χ1) is 23.1. The van der Waals surface area contributed by atoms with E-state index in [2.05, 4.69) is 21.0 Å². The van der Waals surface area contributed by atoms with Gasteiger partial charge in [0.2, 0.25) is 0 Å². The molecule has 260 valence electrons. The molecule has 48 heavy (non-hydrogen) atoms. The van der Waals surface area contributed by atoms with Gasteiger partial charge in [-0.05, 0) is 48.6 Å². The van der Waals surface area contributed by atoms with E-state index in [4.69, 9.17) is 18.9 Å². The zero-order valence-corrected chi connectivity index (χ0v) is 28.8. The van der Waals surface area contributed by atoms with Crippen LogP contribution in [-0.4, -0.2) is 84.5 Å². The summed E-state index contributed by atoms with van der Waals surface area (Å²) in [6.45, 7) is 7.52. The highest BCUT2D eigenvalue weighted by Gasteiger charge is 2.44. The number of amides is 2. The standard InChI is InChI=1S/C35H47N5O7S/c1-35(2,3)31(36-4)32(42)39-40(17-24-8-6-5-7-9-24)18-29(41)28(38-34(43)47-30-20-46-33-27(30)14-15-44-33)16-23-10-12-26(13-11-23)45-19-25-21-48-22-37-25/h5-13,21-22,27-31,33,36,41H,14-20H2,1-4H3,(H,38,43)(H,39,42). The number of likely N-dealkylation sites (N-methyl/N-ethyl adjacent to an activating group) is 1. The van der Waals surface area contributed by atoms with Gasteiger partial charge in [-0.3, -0.25) is 10.2 Å². The molecule has 0 radical (unpaired) electrons. The van der Waals surface area contributed by atoms with Gasteiger partial charge in [0.1, 0.15) is 18.5 Å². The Morgan fingerprint density at radius 2 is 1.88 bits per heavy atom. The number of fused-ring (bicyclic) bond motifs is 1. The highest BCUT2D eigenvalue weighted by molar-refractivity contribution is 7.07. The second kappa shape index (κ2) is 16.7. The van der Waals surface area contributed by atoms with Crippen LogP contribution in [0, 0.1) is 11.3 Å². The maximum Gasteiger partial charge on any atom is 0.407 e. The van der Waals surface area contributed by atoms with Gasteiger partial charge >= 0.3 is 6.09 Å². The molecule has 6 atom stereocenters. The summed E-state index contributed by atoms with van der Waals surface area (Å²) >= 11 is 1.51. The molecule has 0 spiro atoms. The van der Waals surface area contributed by atoms with Crippen molar-refractivity contribution in [1.82, 2.24) is 26.1 Å². The summed E-state index contributed by atoms with van der Waals surface area (Å²) in [4.78, 5) is 31.0. The average Bonchev–Trinajstić information content (AvgIpc) is 3.81. The third-order valence-electron chi connectivity index (χ3n) is 8.57. The molecule has 13 heteroatoms. The lowest BCUT2D eigenvalue weighted by molar-refractivity contribution is -0.131. The lowest BCUT2D eigenvalue weighted by Crippen LogP contribution is -2.58. The number of hydrogen-bond donors (Lipinski definition) is 4. The Balaban J connectivity index is 1.30. The number of carbonyl (C=O) groups excluding carboxylic acids is 2. The number of alkyl carbamates (subject to hydrolysis) is 1. The summed E-state index contributed by atoms with van der Waals surface area (Å²) in [6, 6.07) is 16.0. The molecular weight excluding hydrogens is 634 g/mol. The predicted octanol–water partition coefficient (Wildman–Crippen LogP) is 3.65. The van der Waals surface area contributed by atoms with Crippen molar-refractivity contribution in [3.05, 3.63) is 82.3 Å². The number of ether oxygens (including phenoxy) is 4. The van der Waals surface area contributed by atoms with Gasteiger partial charge < -0.3 is 34.7 Å². The number of aliphatic hydroxyl groups excluding tert-OH is 1. The fourth-order valence-corrected chi connectivity index (χ4v) is 6.62. The number of hydrazine groups is 1. The van der Waals surface area contributed by atoms with Crippen LogP contribution in [0.3, 0.4) is 0 Å². The van der Waals surface area contributed by atoms with Crippen molar-refractivity contribution in [2.24, 2.45) is 11.3 Å². The van der Waals surface area contributed by atoms with Crippen molar-refractivity contribution >= 4 is 23.3 Å². The fourth-order valence-electron chi connectivity index (χ4n) is 6.08. The predicted molar refractivity (Wildman–Crippen MR) is 181 cm³/mol. The summed E-state index contributed by atoms with van der Waals surface area (Å²) in [7, 11) is 1.75. The maximum atomic E-state index is 13.5. The summed E-state index contributed by atoms with van der Waals surface area (Å²) < 4.78 is 22.9. The van der Waals surface area contributed by atoms with E-state index in [9.17, 15) is 14.7 Å². The van der Waals surface area contributed by atoms with Gasteiger partial charge in [-0.2, -0.15) is 0 Å². The molecule has 5 rings (SSSR count). The Morgan fingerprint density at radius 3 is 2.56 bits per heavy atom. The number of benzene rings is 2. The molecule has 12 nitrogen and oxygen atoms in total. The van der Waals surface area contributed by atoms with Crippen LogP contribution < -0.4 is 20.8 Å². The minimum atomic E-state index is -1.09. The first kappa shape index (κ1) is 35.7. The molecule has 2 aromatic carbocycles. The monoisotopic (exact) mass is 681 g/mol. The Hall–Kier alpha value is -3.59. The van der Waals surface area contributed by atoms with Crippen LogP contribution >= 0.6 is 11.3 Å². The van der Waals surface area contributed by atoms with Crippen molar-refractivity contribution in [3.8, 4) is 5.75 Å². The molecule has 2 aliphatic rings. The molecule has 3 heterocycles. The van der Waals surface area contributed by atoms with Crippen molar-refractivity contribution < 1.29 is 33.6 Å². The lowest BCUT2D eigenvalue weighted by atomic mass is 9.86. The number of carbonyl (C=O) groups is 2. The second-order valence-corrected chi connectivity index (χ2v) is 14.1. The van der Waals surface area contributed by atoms with Crippen LogP contribution in [0.4, 0.5) is 4.79 Å². The summed E-state index contributed by atoms with van der Waals surface area (Å²) in [5.41, 5.74) is 7.11. The highest BCUT2D eigenvalue weighted by atomic mass is 32.1. The molecule has 0 saturated carbocycles. The largest absolute Gasteiger partial charge is 0.487 e. The highest BCUT2D eigenvalue weighted by Crippen LogP contribution is 2.33. The maximum absolute atomic E-state index is 13.5. The van der Waals surface area contributed by atoms with E-state index in [0.717, 1.165) is 23.2 Å². The van der Waals surface area contributed by atoms with Crippen LogP contribution in [0.1, 0.15) is 44.0 Å². The SMILES string of the molecule is CNC(C(=O)NN(Cc1ccccc1)CC(O)C(Cc1ccc(OCc2cscn2)cc1)NC(=O)OC1COC2OCCC12)C(C)(C)C. The average molecular weight is 682 g/mol. The Labute approximate surface area is 286 Å². The lowest BCUT2D eigenvalue weighted by Gasteiger charge is -2.34. The van der Waals surface area contributed by atoms with E-state index in [1.807, 2.05) is 80.7 Å². The van der Waals surface area contributed by atoms with Gasteiger partial charge in [-0.25, -0.2) is 14.8 Å². The van der Waals surface area contributed by atoms with Crippen LogP contribution in [0.25, 0.3) is 0 Å². The minimum Gasteiger partial charge on any atom is -0.487 e. The van der Waals surface area contributed by atoms with Crippen molar-refractivity contribution in [3.63, 3.8) is 0 Å². The molecule has 2 aliphatic heterocycles. The van der Waals surface area contributed by atoms with Gasteiger partial charge in [0.05, 0.1) is 48.5 Å². The van der Waals surface area contributed by atoms with Crippen LogP contribution in [-0.2, 0) is 38.6 Å². The molecule has 1 aromatic heterocycles. The van der Waals surface area contributed by atoms with Gasteiger partial charge in [0.25, 0.3) is 5.91 Å². The smallest absolute Gasteiger partial charge is 0.407 e. The van der Waals surface area contributed by atoms with Crippen molar-refractivity contribution in [2.75, 3.05) is 26.8 Å². The molecule has 2 fully saturated rings. The number of thiazole rings is 1. The summed E-state index contributed by atoms with van der Waals surface area (Å²) in [5.74, 6) is 0.441. The minimum absolute atomic E-state index is 0.0181. The number of nitrogens with one attached hydrogen (secondary N) is 3. The first-order valence-corrected chi connectivity index (χ1v) is 17.3. The molecule has 4 N–H and O–H groups in total. The Bertz CT molecular complexity index is 1440. The van der Waals surface area contributed by atoms with Gasteiger partial charge in [0.15, 0.2) is 6.29 Å².